The Bertz CT molecular complexity index is 996. The molecular weight excluding hydrogens is 357 g/mol. The highest BCUT2D eigenvalue weighted by Gasteiger charge is 2.14. The van der Waals surface area contributed by atoms with Gasteiger partial charge in [-0.1, -0.05) is 41.4 Å². The molecule has 1 heterocycles. The van der Waals surface area contributed by atoms with Crippen molar-refractivity contribution < 1.29 is 4.74 Å². The van der Waals surface area contributed by atoms with Crippen molar-refractivity contribution >= 4 is 29.0 Å². The van der Waals surface area contributed by atoms with Crippen LogP contribution in [-0.4, -0.2) is 12.1 Å². The first-order valence-corrected chi connectivity index (χ1v) is 8.09. The molecule has 25 heavy (non-hydrogen) atoms. The molecule has 0 saturated carbocycles. The van der Waals surface area contributed by atoms with Crippen LogP contribution in [0.25, 0.3) is 22.4 Å². The molecule has 3 rings (SSSR count). The maximum Gasteiger partial charge on any atom is 0.142 e. The fourth-order valence-corrected chi connectivity index (χ4v) is 2.80. The van der Waals surface area contributed by atoms with Crippen molar-refractivity contribution in [2.45, 2.75) is 0 Å². The fraction of sp³-hybridized carbons (Fsp3) is 0.0526. The summed E-state index contributed by atoms with van der Waals surface area (Å²) in [5.41, 5.74) is 9.19. The van der Waals surface area contributed by atoms with E-state index >= 15 is 0 Å². The zero-order valence-corrected chi connectivity index (χ0v) is 14.8. The molecule has 2 N–H and O–H groups in total. The maximum atomic E-state index is 9.49. The van der Waals surface area contributed by atoms with Crippen LogP contribution < -0.4 is 10.5 Å². The van der Waals surface area contributed by atoms with Gasteiger partial charge < -0.3 is 10.5 Å². The van der Waals surface area contributed by atoms with Gasteiger partial charge in [-0.05, 0) is 35.9 Å². The number of nitrogens with two attached hydrogens (primary N) is 1. The van der Waals surface area contributed by atoms with Crippen molar-refractivity contribution in [3.63, 3.8) is 0 Å². The normalized spacial score (nSPS) is 10.3. The number of rotatable bonds is 3. The van der Waals surface area contributed by atoms with Crippen molar-refractivity contribution in [2.75, 3.05) is 12.8 Å². The van der Waals surface area contributed by atoms with Crippen molar-refractivity contribution in [2.24, 2.45) is 0 Å². The van der Waals surface area contributed by atoms with Gasteiger partial charge in [0.25, 0.3) is 0 Å². The van der Waals surface area contributed by atoms with Gasteiger partial charge in [0.15, 0.2) is 0 Å². The predicted octanol–water partition coefficient (Wildman–Crippen LogP) is 5.18. The Hall–Kier alpha value is -2.74. The van der Waals surface area contributed by atoms with Gasteiger partial charge >= 0.3 is 0 Å². The molecule has 0 amide bonds. The van der Waals surface area contributed by atoms with E-state index in [2.05, 4.69) is 11.1 Å². The second kappa shape index (κ2) is 7.02. The lowest BCUT2D eigenvalue weighted by Crippen LogP contribution is -2.00. The molecule has 0 fully saturated rings. The molecule has 124 valence electrons. The van der Waals surface area contributed by atoms with Crippen LogP contribution >= 0.6 is 23.2 Å². The predicted molar refractivity (Wildman–Crippen MR) is 101 cm³/mol. The van der Waals surface area contributed by atoms with Gasteiger partial charge in [0.1, 0.15) is 23.2 Å². The Morgan fingerprint density at radius 1 is 1.04 bits per heavy atom. The van der Waals surface area contributed by atoms with Gasteiger partial charge in [0, 0.05) is 11.1 Å². The number of ether oxygens (including phenoxy) is 1. The van der Waals surface area contributed by atoms with Crippen LogP contribution in [0.3, 0.4) is 0 Å². The van der Waals surface area contributed by atoms with E-state index in [1.165, 1.54) is 0 Å². The summed E-state index contributed by atoms with van der Waals surface area (Å²) in [4.78, 5) is 4.34. The number of anilines is 1. The molecule has 0 aliphatic rings. The van der Waals surface area contributed by atoms with Crippen LogP contribution in [0, 0.1) is 11.3 Å². The van der Waals surface area contributed by atoms with Crippen LogP contribution in [-0.2, 0) is 0 Å². The minimum absolute atomic E-state index is 0.156. The molecule has 0 saturated heterocycles. The highest BCUT2D eigenvalue weighted by molar-refractivity contribution is 6.42. The number of nitriles is 1. The molecule has 2 aromatic carbocycles. The first-order valence-electron chi connectivity index (χ1n) is 7.34. The Kier molecular flexibility index (Phi) is 4.80. The number of aromatic nitrogens is 1. The van der Waals surface area contributed by atoms with E-state index in [9.17, 15) is 5.26 Å². The third-order valence-corrected chi connectivity index (χ3v) is 4.49. The lowest BCUT2D eigenvalue weighted by atomic mass is 9.98. The summed E-state index contributed by atoms with van der Waals surface area (Å²) in [5.74, 6) is 0.844. The summed E-state index contributed by atoms with van der Waals surface area (Å²) in [6.45, 7) is 0. The van der Waals surface area contributed by atoms with E-state index in [-0.39, 0.29) is 5.82 Å². The topological polar surface area (TPSA) is 71.9 Å². The number of halogens is 2. The largest absolute Gasteiger partial charge is 0.497 e. The van der Waals surface area contributed by atoms with Crippen LogP contribution in [0.15, 0.2) is 48.5 Å². The molecule has 0 atom stereocenters. The molecule has 0 bridgehead atoms. The zero-order valence-electron chi connectivity index (χ0n) is 13.3. The summed E-state index contributed by atoms with van der Waals surface area (Å²) in [5, 5.41) is 10.4. The van der Waals surface area contributed by atoms with Gasteiger partial charge in [0.2, 0.25) is 0 Å². The summed E-state index contributed by atoms with van der Waals surface area (Å²) in [6, 6.07) is 16.6. The second-order valence-electron chi connectivity index (χ2n) is 5.29. The number of nitrogen functional groups attached to an aromatic ring is 1. The average Bonchev–Trinajstić information content (AvgIpc) is 2.63. The number of methoxy groups -OCH3 is 1. The molecule has 0 aliphatic carbocycles. The van der Waals surface area contributed by atoms with Crippen molar-refractivity contribution in [1.82, 2.24) is 4.98 Å². The number of pyridine rings is 1. The molecule has 0 radical (unpaired) electrons. The summed E-state index contributed by atoms with van der Waals surface area (Å²) >= 11 is 12.1. The first kappa shape index (κ1) is 17.1. The molecule has 0 aliphatic heterocycles. The third-order valence-electron chi connectivity index (χ3n) is 3.76. The standard InChI is InChI=1S/C19H13Cl2N3O/c1-25-13-4-2-3-11(7-13)14-9-18(24-19(23)15(14)10-22)12-5-6-16(20)17(21)8-12/h2-9H,1H3,(H2,23,24). The van der Waals surface area contributed by atoms with Crippen molar-refractivity contribution in [1.29, 1.82) is 5.26 Å². The smallest absolute Gasteiger partial charge is 0.142 e. The summed E-state index contributed by atoms with van der Waals surface area (Å²) < 4.78 is 5.26. The third kappa shape index (κ3) is 3.39. The minimum atomic E-state index is 0.156. The number of benzene rings is 2. The van der Waals surface area contributed by atoms with E-state index in [4.69, 9.17) is 33.7 Å². The maximum absolute atomic E-state index is 9.49. The second-order valence-corrected chi connectivity index (χ2v) is 6.10. The zero-order chi connectivity index (χ0) is 18.0. The molecule has 3 aromatic rings. The quantitative estimate of drug-likeness (QED) is 0.689. The SMILES string of the molecule is COc1cccc(-c2cc(-c3ccc(Cl)c(Cl)c3)nc(N)c2C#N)c1. The fourth-order valence-electron chi connectivity index (χ4n) is 2.50. The molecule has 0 spiro atoms. The van der Waals surface area contributed by atoms with Gasteiger partial charge in [0.05, 0.1) is 22.8 Å². The van der Waals surface area contributed by atoms with Crippen LogP contribution in [0.1, 0.15) is 5.56 Å². The summed E-state index contributed by atoms with van der Waals surface area (Å²) in [6.07, 6.45) is 0. The Labute approximate surface area is 155 Å². The number of hydrogen-bond donors (Lipinski definition) is 1. The highest BCUT2D eigenvalue weighted by Crippen LogP contribution is 2.34. The van der Waals surface area contributed by atoms with E-state index in [1.54, 1.807) is 25.3 Å². The van der Waals surface area contributed by atoms with Gasteiger partial charge in [-0.15, -0.1) is 0 Å². The Balaban J connectivity index is 2.22. The van der Waals surface area contributed by atoms with Gasteiger partial charge in [-0.2, -0.15) is 5.26 Å². The lowest BCUT2D eigenvalue weighted by molar-refractivity contribution is 0.415. The molecular formula is C19H13Cl2N3O. The minimum Gasteiger partial charge on any atom is -0.497 e. The molecule has 6 heteroatoms. The summed E-state index contributed by atoms with van der Waals surface area (Å²) in [7, 11) is 1.59. The first-order chi connectivity index (χ1) is 12.0. The van der Waals surface area contributed by atoms with Gasteiger partial charge in [-0.25, -0.2) is 4.98 Å². The van der Waals surface area contributed by atoms with Crippen molar-refractivity contribution in [3.05, 3.63) is 64.1 Å². The van der Waals surface area contributed by atoms with Crippen LogP contribution in [0.2, 0.25) is 10.0 Å². The van der Waals surface area contributed by atoms with Gasteiger partial charge in [-0.3, -0.25) is 0 Å². The number of hydrogen-bond acceptors (Lipinski definition) is 4. The van der Waals surface area contributed by atoms with E-state index in [0.717, 1.165) is 11.1 Å². The van der Waals surface area contributed by atoms with E-state index < -0.39 is 0 Å². The Morgan fingerprint density at radius 3 is 2.52 bits per heavy atom. The van der Waals surface area contributed by atoms with Crippen LogP contribution in [0.5, 0.6) is 5.75 Å². The monoisotopic (exact) mass is 369 g/mol. The molecule has 1 aromatic heterocycles. The lowest BCUT2D eigenvalue weighted by Gasteiger charge is -2.11. The highest BCUT2D eigenvalue weighted by atomic mass is 35.5. The Morgan fingerprint density at radius 2 is 1.84 bits per heavy atom. The van der Waals surface area contributed by atoms with Crippen molar-refractivity contribution in [3.8, 4) is 34.2 Å². The van der Waals surface area contributed by atoms with Crippen LogP contribution in [0.4, 0.5) is 5.82 Å². The average molecular weight is 370 g/mol. The molecule has 4 nitrogen and oxygen atoms in total. The number of nitrogens with zero attached hydrogens (tertiary/aromatic N) is 2. The van der Waals surface area contributed by atoms with E-state index in [1.807, 2.05) is 30.3 Å². The molecule has 0 unspecified atom stereocenters. The van der Waals surface area contributed by atoms with E-state index in [0.29, 0.717) is 32.6 Å².